The molecule has 2 spiro atoms. The van der Waals surface area contributed by atoms with Crippen LogP contribution >= 0.6 is 63.7 Å². The number of halogens is 4. The molecule has 2 aliphatic heterocycles. The third-order valence-electron chi connectivity index (χ3n) is 7.95. The number of methoxy groups -OCH3 is 2. The lowest BCUT2D eigenvalue weighted by atomic mass is 9.87. The van der Waals surface area contributed by atoms with Crippen LogP contribution < -0.4 is 10.6 Å². The highest BCUT2D eigenvalue weighted by Crippen LogP contribution is 2.45. The number of ether oxygens (including phenoxy) is 2. The molecule has 47 heavy (non-hydrogen) atoms. The number of rotatable bonds is 12. The highest BCUT2D eigenvalue weighted by atomic mass is 79.9. The fourth-order valence-corrected chi connectivity index (χ4v) is 9.02. The minimum atomic E-state index is -1.21. The van der Waals surface area contributed by atoms with Crippen LogP contribution in [0.1, 0.15) is 31.4 Å². The molecule has 14 nitrogen and oxygen atoms in total. The third kappa shape index (κ3) is 7.41. The molecule has 4 aliphatic rings. The van der Waals surface area contributed by atoms with E-state index < -0.39 is 23.4 Å². The predicted octanol–water partition coefficient (Wildman–Crippen LogP) is 3.28. The monoisotopic (exact) mass is 908 g/mol. The largest absolute Gasteiger partial charge is 0.495 e. The number of oxime groups is 2. The summed E-state index contributed by atoms with van der Waals surface area (Å²) in [5.74, 6) is 0.163. The van der Waals surface area contributed by atoms with Crippen molar-refractivity contribution in [2.24, 2.45) is 10.3 Å². The van der Waals surface area contributed by atoms with Gasteiger partial charge in [-0.05, 0) is 95.1 Å². The number of carbonyl (C=O) groups is 2. The van der Waals surface area contributed by atoms with Crippen molar-refractivity contribution in [1.82, 2.24) is 20.2 Å². The molecule has 18 heteroatoms. The van der Waals surface area contributed by atoms with Crippen molar-refractivity contribution in [1.29, 1.82) is 0 Å². The fraction of sp³-hybridized carbons (Fsp3) is 0.483. The Morgan fingerprint density at radius 2 is 1.38 bits per heavy atom. The van der Waals surface area contributed by atoms with Gasteiger partial charge in [-0.15, -0.1) is 0 Å². The van der Waals surface area contributed by atoms with Crippen LogP contribution in [0.15, 0.2) is 64.4 Å². The first-order chi connectivity index (χ1) is 22.4. The topological polar surface area (TPSA) is 178 Å². The molecule has 0 aromatic carbocycles. The maximum Gasteiger partial charge on any atom is 0.269 e. The van der Waals surface area contributed by atoms with Crippen LogP contribution in [0, 0.1) is 0 Å². The Kier molecular flexibility index (Phi) is 11.4. The van der Waals surface area contributed by atoms with Crippen molar-refractivity contribution < 1.29 is 39.0 Å². The molecule has 0 unspecified atom stereocenters. The van der Waals surface area contributed by atoms with Crippen LogP contribution in [-0.4, -0.2) is 93.7 Å². The Labute approximate surface area is 303 Å². The molecule has 0 saturated carbocycles. The zero-order valence-corrected chi connectivity index (χ0v) is 31.6. The van der Waals surface area contributed by atoms with E-state index >= 15 is 0 Å². The molecule has 4 N–H and O–H groups in total. The second kappa shape index (κ2) is 14.9. The van der Waals surface area contributed by atoms with Crippen molar-refractivity contribution in [2.45, 2.75) is 62.1 Å². The molecule has 3 heterocycles. The second-order valence-corrected chi connectivity index (χ2v) is 14.6. The van der Waals surface area contributed by atoms with E-state index in [9.17, 15) is 19.8 Å². The van der Waals surface area contributed by atoms with Crippen LogP contribution in [0.4, 0.5) is 0 Å². The van der Waals surface area contributed by atoms with Crippen molar-refractivity contribution in [3.63, 3.8) is 0 Å². The summed E-state index contributed by atoms with van der Waals surface area (Å²) < 4.78 is 14.5. The van der Waals surface area contributed by atoms with Gasteiger partial charge in [-0.3, -0.25) is 9.59 Å². The Morgan fingerprint density at radius 3 is 1.87 bits per heavy atom. The lowest BCUT2D eigenvalue weighted by molar-refractivity contribution is -0.115. The summed E-state index contributed by atoms with van der Waals surface area (Å²) >= 11 is 13.5. The minimum absolute atomic E-state index is 0.0956. The molecule has 0 saturated heterocycles. The molecule has 1 aromatic rings. The molecule has 2 aliphatic carbocycles. The predicted molar refractivity (Wildman–Crippen MR) is 185 cm³/mol. The number of aryl methyl sites for hydroxylation is 2. The van der Waals surface area contributed by atoms with Gasteiger partial charge < -0.3 is 44.6 Å². The number of amides is 2. The number of hydrogen-bond acceptors (Lipinski definition) is 11. The summed E-state index contributed by atoms with van der Waals surface area (Å²) in [5, 5.41) is 35.1. The van der Waals surface area contributed by atoms with Crippen LogP contribution in [0.2, 0.25) is 0 Å². The maximum atomic E-state index is 12.7. The van der Waals surface area contributed by atoms with E-state index in [2.05, 4.69) is 89.6 Å². The quantitative estimate of drug-likeness (QED) is 0.229. The van der Waals surface area contributed by atoms with Gasteiger partial charge in [0.25, 0.3) is 11.8 Å². The molecule has 4 atom stereocenters. The normalized spacial score (nSPS) is 26.8. The van der Waals surface area contributed by atoms with E-state index in [4.69, 9.17) is 19.1 Å². The highest BCUT2D eigenvalue weighted by molar-refractivity contribution is 9.12. The molecular weight excluding hydrogens is 880 g/mol. The molecule has 0 radical (unpaired) electrons. The van der Waals surface area contributed by atoms with Gasteiger partial charge in [-0.2, -0.15) is 0 Å². The summed E-state index contributed by atoms with van der Waals surface area (Å²) in [6, 6.07) is 0. The maximum absolute atomic E-state index is 12.7. The van der Waals surface area contributed by atoms with E-state index in [1.165, 1.54) is 14.2 Å². The van der Waals surface area contributed by atoms with Gasteiger partial charge in [0.1, 0.15) is 35.1 Å². The van der Waals surface area contributed by atoms with E-state index in [1.807, 2.05) is 10.8 Å². The van der Waals surface area contributed by atoms with Gasteiger partial charge in [0.05, 0.1) is 44.2 Å². The van der Waals surface area contributed by atoms with Gasteiger partial charge in [-0.1, -0.05) is 10.3 Å². The fourth-order valence-electron chi connectivity index (χ4n) is 5.43. The highest BCUT2D eigenvalue weighted by Gasteiger charge is 2.51. The molecule has 5 rings (SSSR count). The van der Waals surface area contributed by atoms with Crippen molar-refractivity contribution in [2.75, 3.05) is 27.3 Å². The van der Waals surface area contributed by atoms with Gasteiger partial charge in [0, 0.05) is 38.7 Å². The second-order valence-electron chi connectivity index (χ2n) is 11.1. The number of aliphatic hydroxyl groups excluding tert-OH is 2. The number of aliphatic hydroxyl groups is 2. The molecule has 1 aromatic heterocycles. The van der Waals surface area contributed by atoms with Crippen LogP contribution in [0.3, 0.4) is 0 Å². The Morgan fingerprint density at radius 1 is 0.894 bits per heavy atom. The summed E-state index contributed by atoms with van der Waals surface area (Å²) in [6.07, 6.45) is 6.94. The molecule has 2 amide bonds. The number of allylic oxidation sites excluding steroid dienone is 2. The number of hydrogen-bond donors (Lipinski definition) is 4. The number of nitrogens with one attached hydrogen (secondary N) is 2. The van der Waals surface area contributed by atoms with Crippen molar-refractivity contribution in [3.05, 3.63) is 59.8 Å². The summed E-state index contributed by atoms with van der Waals surface area (Å²) in [7, 11) is 2.98. The standard InChI is InChI=1S/C29H32Br4N6O8/c1-44-22-16(30)9-28(24(40)20(22)32)11-18(37-46-28)26(42)34-6-3-5-15-13-39(14-36-15)8-4-7-35-27(43)19-12-29(47-38-19)10-17(31)23(45-2)21(33)25(29)41/h9-10,13-14,24-25,40-41H,3-8,11-12H2,1-2H3,(H,34,42)(H,35,43)/t24-,25-,28+,29+/m0/s1. The first kappa shape index (κ1) is 35.8. The molecular formula is C29H32Br4N6O8. The number of imidazole rings is 1. The summed E-state index contributed by atoms with van der Waals surface area (Å²) in [6.45, 7) is 1.45. The van der Waals surface area contributed by atoms with E-state index in [1.54, 1.807) is 18.5 Å². The Hall–Kier alpha value is -2.51. The van der Waals surface area contributed by atoms with Gasteiger partial charge in [0.15, 0.2) is 11.2 Å². The lowest BCUT2D eigenvalue weighted by Crippen LogP contribution is -2.45. The minimum Gasteiger partial charge on any atom is -0.495 e. The van der Waals surface area contributed by atoms with E-state index in [0.717, 1.165) is 5.69 Å². The van der Waals surface area contributed by atoms with Crippen molar-refractivity contribution >= 4 is 87.0 Å². The third-order valence-corrected chi connectivity index (χ3v) is 10.7. The van der Waals surface area contributed by atoms with E-state index in [-0.39, 0.29) is 36.1 Å². The van der Waals surface area contributed by atoms with Gasteiger partial charge in [-0.25, -0.2) is 4.98 Å². The smallest absolute Gasteiger partial charge is 0.269 e. The van der Waals surface area contributed by atoms with Crippen molar-refractivity contribution in [3.8, 4) is 0 Å². The van der Waals surface area contributed by atoms with E-state index in [0.29, 0.717) is 68.3 Å². The van der Waals surface area contributed by atoms with Gasteiger partial charge in [0.2, 0.25) is 0 Å². The first-order valence-corrected chi connectivity index (χ1v) is 17.7. The summed E-state index contributed by atoms with van der Waals surface area (Å²) in [4.78, 5) is 41.0. The van der Waals surface area contributed by atoms with Crippen LogP contribution in [0.25, 0.3) is 0 Å². The van der Waals surface area contributed by atoms with Crippen LogP contribution in [0.5, 0.6) is 0 Å². The average molecular weight is 912 g/mol. The number of aromatic nitrogens is 2. The lowest BCUT2D eigenvalue weighted by Gasteiger charge is -2.33. The van der Waals surface area contributed by atoms with Crippen LogP contribution in [-0.2, 0) is 41.7 Å². The first-order valence-electron chi connectivity index (χ1n) is 14.5. The number of carbonyl (C=O) groups excluding carboxylic acids is 2. The Bertz CT molecular complexity index is 1510. The molecule has 0 bridgehead atoms. The zero-order chi connectivity index (χ0) is 33.9. The summed E-state index contributed by atoms with van der Waals surface area (Å²) in [5.41, 5.74) is -1.16. The Balaban J connectivity index is 0.989. The molecule has 254 valence electrons. The zero-order valence-electron chi connectivity index (χ0n) is 25.3. The number of nitrogens with zero attached hydrogens (tertiary/aromatic N) is 4. The molecule has 0 fully saturated rings. The van der Waals surface area contributed by atoms with Gasteiger partial charge >= 0.3 is 0 Å². The average Bonchev–Trinajstić information content (AvgIpc) is 3.80. The SMILES string of the molecule is COC1=C(Br)[C@H](O)[C@@]2(C=C1Br)CC(C(=O)NCCCc1cn(CCCNC(=O)C3=NO[C@]4(C=C(Br)C(OC)=C(Br)[C@@H]4O)C3)cn1)=NO2.